The summed E-state index contributed by atoms with van der Waals surface area (Å²) in [5.41, 5.74) is 0.819. The highest BCUT2D eigenvalue weighted by molar-refractivity contribution is 5.97. The van der Waals surface area contributed by atoms with Gasteiger partial charge in [0.15, 0.2) is 5.78 Å². The van der Waals surface area contributed by atoms with Crippen LogP contribution >= 0.6 is 0 Å². The Bertz CT molecular complexity index is 835. The standard InChI is InChI=1S/C17H20N4O3/c1-12(22)13-6-5-7-14(10-13)18-16(23)11-21-17(24)20-9-4-2-3-8-15(20)19-21/h5-7,10H,2-4,8-9,11H2,1H3,(H,18,23). The maximum Gasteiger partial charge on any atom is 0.346 e. The van der Waals surface area contributed by atoms with Gasteiger partial charge in [0.2, 0.25) is 5.91 Å². The Labute approximate surface area is 139 Å². The molecule has 0 aliphatic carbocycles. The van der Waals surface area contributed by atoms with E-state index in [0.717, 1.165) is 31.5 Å². The normalized spacial score (nSPS) is 13.9. The van der Waals surface area contributed by atoms with Crippen molar-refractivity contribution in [3.63, 3.8) is 0 Å². The van der Waals surface area contributed by atoms with Crippen molar-refractivity contribution in [3.05, 3.63) is 46.1 Å². The highest BCUT2D eigenvalue weighted by Crippen LogP contribution is 2.12. The monoisotopic (exact) mass is 328 g/mol. The summed E-state index contributed by atoms with van der Waals surface area (Å²) in [6.45, 7) is 2.00. The van der Waals surface area contributed by atoms with Crippen LogP contribution in [0.3, 0.4) is 0 Å². The second-order valence-corrected chi connectivity index (χ2v) is 6.00. The summed E-state index contributed by atoms with van der Waals surface area (Å²) in [5.74, 6) is 0.343. The third-order valence-corrected chi connectivity index (χ3v) is 4.13. The Hall–Kier alpha value is -2.70. The minimum absolute atomic E-state index is 0.0693. The predicted octanol–water partition coefficient (Wildman–Crippen LogP) is 1.61. The molecule has 7 heteroatoms. The van der Waals surface area contributed by atoms with Gasteiger partial charge in [-0.1, -0.05) is 18.6 Å². The van der Waals surface area contributed by atoms with Gasteiger partial charge in [0, 0.05) is 24.2 Å². The van der Waals surface area contributed by atoms with Crippen LogP contribution in [0.15, 0.2) is 29.1 Å². The second kappa shape index (κ2) is 6.82. The molecule has 1 amide bonds. The fraction of sp³-hybridized carbons (Fsp3) is 0.412. The largest absolute Gasteiger partial charge is 0.346 e. The number of nitrogens with one attached hydrogen (secondary N) is 1. The maximum absolute atomic E-state index is 12.3. The SMILES string of the molecule is CC(=O)c1cccc(NC(=O)Cn2nc3n(c2=O)CCCCC3)c1. The first-order valence-electron chi connectivity index (χ1n) is 8.12. The van der Waals surface area contributed by atoms with Crippen molar-refractivity contribution in [2.24, 2.45) is 0 Å². The van der Waals surface area contributed by atoms with Crippen molar-refractivity contribution in [1.29, 1.82) is 0 Å². The van der Waals surface area contributed by atoms with Gasteiger partial charge < -0.3 is 5.32 Å². The fourth-order valence-electron chi connectivity index (χ4n) is 2.88. The first kappa shape index (κ1) is 16.2. The Morgan fingerprint density at radius 2 is 2.08 bits per heavy atom. The van der Waals surface area contributed by atoms with Crippen molar-refractivity contribution in [1.82, 2.24) is 14.3 Å². The number of ketones is 1. The van der Waals surface area contributed by atoms with Crippen LogP contribution in [-0.2, 0) is 24.3 Å². The average molecular weight is 328 g/mol. The Kier molecular flexibility index (Phi) is 4.59. The van der Waals surface area contributed by atoms with Crippen molar-refractivity contribution < 1.29 is 9.59 Å². The van der Waals surface area contributed by atoms with Crippen molar-refractivity contribution in [3.8, 4) is 0 Å². The molecule has 1 N–H and O–H groups in total. The van der Waals surface area contributed by atoms with Gasteiger partial charge in [0.1, 0.15) is 12.4 Å². The van der Waals surface area contributed by atoms with E-state index in [-0.39, 0.29) is 23.9 Å². The van der Waals surface area contributed by atoms with Gasteiger partial charge in [-0.05, 0) is 31.9 Å². The second-order valence-electron chi connectivity index (χ2n) is 6.00. The van der Waals surface area contributed by atoms with E-state index in [0.29, 0.717) is 17.8 Å². The van der Waals surface area contributed by atoms with Gasteiger partial charge in [0.25, 0.3) is 0 Å². The molecule has 1 aromatic heterocycles. The number of benzene rings is 1. The molecule has 0 unspecified atom stereocenters. The number of amides is 1. The van der Waals surface area contributed by atoms with Crippen LogP contribution in [0.2, 0.25) is 0 Å². The van der Waals surface area contributed by atoms with E-state index in [1.54, 1.807) is 28.8 Å². The molecule has 0 spiro atoms. The first-order chi connectivity index (χ1) is 11.5. The number of aromatic nitrogens is 3. The molecule has 2 aromatic rings. The van der Waals surface area contributed by atoms with Crippen LogP contribution in [0, 0.1) is 0 Å². The molecule has 2 heterocycles. The van der Waals surface area contributed by atoms with Crippen molar-refractivity contribution in [2.75, 3.05) is 5.32 Å². The number of fused-ring (bicyclic) bond motifs is 1. The van der Waals surface area contributed by atoms with Gasteiger partial charge in [-0.15, -0.1) is 0 Å². The van der Waals surface area contributed by atoms with E-state index in [9.17, 15) is 14.4 Å². The zero-order valence-electron chi connectivity index (χ0n) is 13.6. The number of hydrogen-bond acceptors (Lipinski definition) is 4. The lowest BCUT2D eigenvalue weighted by Gasteiger charge is -2.06. The number of carbonyl (C=O) groups is 2. The molecule has 3 rings (SSSR count). The number of Topliss-reactive ketones (excluding diaryl/α,β-unsaturated/α-hetero) is 1. The highest BCUT2D eigenvalue weighted by atomic mass is 16.2. The van der Waals surface area contributed by atoms with E-state index in [1.165, 1.54) is 11.6 Å². The summed E-state index contributed by atoms with van der Waals surface area (Å²) < 4.78 is 2.88. The van der Waals surface area contributed by atoms with E-state index < -0.39 is 0 Å². The molecule has 0 atom stereocenters. The highest BCUT2D eigenvalue weighted by Gasteiger charge is 2.17. The summed E-state index contributed by atoms with van der Waals surface area (Å²) in [7, 11) is 0. The van der Waals surface area contributed by atoms with Crippen molar-refractivity contribution >= 4 is 17.4 Å². The molecular weight excluding hydrogens is 308 g/mol. The van der Waals surface area contributed by atoms with Gasteiger partial charge in [-0.3, -0.25) is 14.2 Å². The molecule has 0 saturated heterocycles. The zero-order valence-corrected chi connectivity index (χ0v) is 13.6. The number of rotatable bonds is 4. The number of anilines is 1. The molecule has 24 heavy (non-hydrogen) atoms. The van der Waals surface area contributed by atoms with Gasteiger partial charge in [-0.2, -0.15) is 5.10 Å². The molecule has 126 valence electrons. The van der Waals surface area contributed by atoms with Crippen LogP contribution in [0.1, 0.15) is 42.4 Å². The molecule has 0 fully saturated rings. The van der Waals surface area contributed by atoms with E-state index in [1.807, 2.05) is 0 Å². The number of carbonyl (C=O) groups excluding carboxylic acids is 2. The van der Waals surface area contributed by atoms with Gasteiger partial charge in [-0.25, -0.2) is 9.48 Å². The van der Waals surface area contributed by atoms with Crippen LogP contribution in [0.4, 0.5) is 5.69 Å². The molecule has 1 aliphatic rings. The Balaban J connectivity index is 1.73. The smallest absolute Gasteiger partial charge is 0.324 e. The zero-order chi connectivity index (χ0) is 17.1. The lowest BCUT2D eigenvalue weighted by atomic mass is 10.1. The number of hydrogen-bond donors (Lipinski definition) is 1. The average Bonchev–Trinajstić information content (AvgIpc) is 2.73. The van der Waals surface area contributed by atoms with Crippen LogP contribution in [0.5, 0.6) is 0 Å². The number of aryl methyl sites for hydroxylation is 1. The third kappa shape index (κ3) is 3.45. The third-order valence-electron chi connectivity index (χ3n) is 4.13. The van der Waals surface area contributed by atoms with Gasteiger partial charge in [0.05, 0.1) is 0 Å². The minimum atomic E-state index is -0.342. The lowest BCUT2D eigenvalue weighted by molar-refractivity contribution is -0.117. The van der Waals surface area contributed by atoms with Crippen LogP contribution < -0.4 is 11.0 Å². The van der Waals surface area contributed by atoms with Gasteiger partial charge >= 0.3 is 5.69 Å². The molecule has 1 aliphatic heterocycles. The van der Waals surface area contributed by atoms with Crippen LogP contribution in [-0.4, -0.2) is 26.0 Å². The number of nitrogens with zero attached hydrogens (tertiary/aromatic N) is 3. The molecule has 0 bridgehead atoms. The Morgan fingerprint density at radius 1 is 1.25 bits per heavy atom. The van der Waals surface area contributed by atoms with E-state index >= 15 is 0 Å². The summed E-state index contributed by atoms with van der Waals surface area (Å²) >= 11 is 0. The fourth-order valence-corrected chi connectivity index (χ4v) is 2.88. The molecule has 0 radical (unpaired) electrons. The quantitative estimate of drug-likeness (QED) is 0.864. The van der Waals surface area contributed by atoms with Crippen LogP contribution in [0.25, 0.3) is 0 Å². The molecule has 7 nitrogen and oxygen atoms in total. The first-order valence-corrected chi connectivity index (χ1v) is 8.12. The van der Waals surface area contributed by atoms with Crippen molar-refractivity contribution in [2.45, 2.75) is 45.7 Å². The van der Waals surface area contributed by atoms with E-state index in [2.05, 4.69) is 10.4 Å². The molecule has 1 aromatic carbocycles. The minimum Gasteiger partial charge on any atom is -0.324 e. The maximum atomic E-state index is 12.3. The summed E-state index contributed by atoms with van der Waals surface area (Å²) in [4.78, 5) is 35.9. The molecule has 0 saturated carbocycles. The summed E-state index contributed by atoms with van der Waals surface area (Å²) in [6.07, 6.45) is 3.84. The lowest BCUT2D eigenvalue weighted by Crippen LogP contribution is -2.30. The Morgan fingerprint density at radius 3 is 2.88 bits per heavy atom. The summed E-state index contributed by atoms with van der Waals surface area (Å²) in [5, 5.41) is 7.00. The summed E-state index contributed by atoms with van der Waals surface area (Å²) in [6, 6.07) is 6.72. The molecular formula is C17H20N4O3. The topological polar surface area (TPSA) is 86.0 Å². The predicted molar refractivity (Wildman–Crippen MR) is 89.1 cm³/mol. The van der Waals surface area contributed by atoms with E-state index in [4.69, 9.17) is 0 Å².